The molecule has 2 aliphatic rings. The third kappa shape index (κ3) is 4.32. The van der Waals surface area contributed by atoms with Crippen molar-refractivity contribution in [1.82, 2.24) is 14.9 Å². The van der Waals surface area contributed by atoms with Crippen LogP contribution in [0.15, 0.2) is 18.5 Å². The lowest BCUT2D eigenvalue weighted by Crippen LogP contribution is -2.45. The van der Waals surface area contributed by atoms with Crippen molar-refractivity contribution in [3.8, 4) is 0 Å². The summed E-state index contributed by atoms with van der Waals surface area (Å²) in [5.41, 5.74) is 0.851. The molecule has 2 saturated heterocycles. The zero-order valence-electron chi connectivity index (χ0n) is 16.6. The van der Waals surface area contributed by atoms with Gasteiger partial charge in [-0.3, -0.25) is 14.6 Å². The standard InChI is InChI=1S/C19H28N4O4/c1-19(2,3)27-18(25)23-11-13-6-16(23)12-22(10-13)15-7-14(8-20-9-15)17(24)21(4)26-5/h7-9,13,16H,6,10-12H2,1-5H3. The number of hydroxylamine groups is 2. The largest absolute Gasteiger partial charge is 0.444 e. The Morgan fingerprint density at radius 2 is 1.96 bits per heavy atom. The first-order valence-electron chi connectivity index (χ1n) is 9.19. The van der Waals surface area contributed by atoms with E-state index in [1.807, 2.05) is 31.7 Å². The molecular weight excluding hydrogens is 348 g/mol. The summed E-state index contributed by atoms with van der Waals surface area (Å²) in [6, 6.07) is 1.94. The predicted octanol–water partition coefficient (Wildman–Crippen LogP) is 2.16. The minimum absolute atomic E-state index is 0.111. The molecule has 2 aliphatic heterocycles. The SMILES string of the molecule is CON(C)C(=O)c1cncc(N2CC3CC(C2)N(C(=O)OC(C)(C)C)C3)c1. The maximum absolute atomic E-state index is 12.5. The van der Waals surface area contributed by atoms with E-state index in [-0.39, 0.29) is 18.0 Å². The predicted molar refractivity (Wildman–Crippen MR) is 100 cm³/mol. The van der Waals surface area contributed by atoms with E-state index in [2.05, 4.69) is 9.88 Å². The highest BCUT2D eigenvalue weighted by Gasteiger charge is 2.42. The molecule has 3 heterocycles. The topological polar surface area (TPSA) is 75.2 Å². The summed E-state index contributed by atoms with van der Waals surface area (Å²) < 4.78 is 5.55. The zero-order chi connectivity index (χ0) is 19.8. The Hall–Kier alpha value is -2.35. The summed E-state index contributed by atoms with van der Waals surface area (Å²) in [5.74, 6) is 0.138. The van der Waals surface area contributed by atoms with Crippen molar-refractivity contribution >= 4 is 17.7 Å². The van der Waals surface area contributed by atoms with Crippen LogP contribution in [0, 0.1) is 5.92 Å². The number of fused-ring (bicyclic) bond motifs is 2. The van der Waals surface area contributed by atoms with E-state index in [9.17, 15) is 9.59 Å². The summed E-state index contributed by atoms with van der Waals surface area (Å²) >= 11 is 0. The number of pyridine rings is 1. The number of hydrogen-bond donors (Lipinski definition) is 0. The van der Waals surface area contributed by atoms with Gasteiger partial charge in [0.2, 0.25) is 0 Å². The van der Waals surface area contributed by atoms with Gasteiger partial charge in [-0.1, -0.05) is 0 Å². The highest BCUT2D eigenvalue weighted by Crippen LogP contribution is 2.33. The molecule has 8 heteroatoms. The maximum Gasteiger partial charge on any atom is 0.410 e. The van der Waals surface area contributed by atoms with Crippen LogP contribution in [-0.2, 0) is 9.57 Å². The summed E-state index contributed by atoms with van der Waals surface area (Å²) in [7, 11) is 3.01. The van der Waals surface area contributed by atoms with Crippen molar-refractivity contribution in [3.05, 3.63) is 24.0 Å². The van der Waals surface area contributed by atoms with E-state index in [0.29, 0.717) is 24.6 Å². The lowest BCUT2D eigenvalue weighted by molar-refractivity contribution is -0.0757. The average Bonchev–Trinajstić information content (AvgIpc) is 2.93. The lowest BCUT2D eigenvalue weighted by atomic mass is 9.99. The summed E-state index contributed by atoms with van der Waals surface area (Å²) in [6.07, 6.45) is 4.02. The molecule has 0 radical (unpaired) electrons. The molecule has 148 valence electrons. The number of piperidine rings is 1. The van der Waals surface area contributed by atoms with E-state index >= 15 is 0 Å². The smallest absolute Gasteiger partial charge is 0.410 e. The van der Waals surface area contributed by atoms with Gasteiger partial charge in [0.25, 0.3) is 5.91 Å². The van der Waals surface area contributed by atoms with E-state index in [0.717, 1.165) is 18.7 Å². The minimum atomic E-state index is -0.501. The number of nitrogens with zero attached hydrogens (tertiary/aromatic N) is 4. The van der Waals surface area contributed by atoms with Gasteiger partial charge in [0.05, 0.1) is 30.6 Å². The fourth-order valence-corrected chi connectivity index (χ4v) is 3.70. The quantitative estimate of drug-likeness (QED) is 0.753. The van der Waals surface area contributed by atoms with Gasteiger partial charge in [-0.05, 0) is 39.2 Å². The van der Waals surface area contributed by atoms with Crippen LogP contribution in [0.1, 0.15) is 37.6 Å². The first-order chi connectivity index (χ1) is 12.7. The van der Waals surface area contributed by atoms with Crippen molar-refractivity contribution in [2.45, 2.75) is 38.8 Å². The van der Waals surface area contributed by atoms with Gasteiger partial charge in [-0.15, -0.1) is 0 Å². The Kier molecular flexibility index (Phi) is 5.28. The van der Waals surface area contributed by atoms with Crippen molar-refractivity contribution in [3.63, 3.8) is 0 Å². The number of ether oxygens (including phenoxy) is 1. The molecule has 0 spiro atoms. The minimum Gasteiger partial charge on any atom is -0.444 e. The Bertz CT molecular complexity index is 718. The van der Waals surface area contributed by atoms with Crippen LogP contribution in [0.3, 0.4) is 0 Å². The van der Waals surface area contributed by atoms with E-state index in [1.165, 1.54) is 18.4 Å². The second kappa shape index (κ2) is 7.34. The lowest BCUT2D eigenvalue weighted by Gasteiger charge is -2.34. The number of anilines is 1. The summed E-state index contributed by atoms with van der Waals surface area (Å²) in [4.78, 5) is 38.0. The molecule has 2 unspecified atom stereocenters. The fourth-order valence-electron chi connectivity index (χ4n) is 3.70. The van der Waals surface area contributed by atoms with Gasteiger partial charge in [-0.2, -0.15) is 0 Å². The van der Waals surface area contributed by atoms with Crippen molar-refractivity contribution in [2.75, 3.05) is 38.7 Å². The second-order valence-corrected chi connectivity index (χ2v) is 8.21. The van der Waals surface area contributed by atoms with Gasteiger partial charge in [0.1, 0.15) is 5.60 Å². The number of aromatic nitrogens is 1. The molecule has 2 atom stereocenters. The number of carbonyl (C=O) groups is 2. The number of carbonyl (C=O) groups excluding carboxylic acids is 2. The van der Waals surface area contributed by atoms with E-state index in [1.54, 1.807) is 13.2 Å². The molecule has 2 bridgehead atoms. The molecule has 2 amide bonds. The van der Waals surface area contributed by atoms with Crippen LogP contribution >= 0.6 is 0 Å². The molecular formula is C19H28N4O4. The first-order valence-corrected chi connectivity index (χ1v) is 9.19. The van der Waals surface area contributed by atoms with Gasteiger partial charge in [0, 0.05) is 32.9 Å². The van der Waals surface area contributed by atoms with Crippen LogP contribution in [0.25, 0.3) is 0 Å². The number of likely N-dealkylation sites (tertiary alicyclic amines) is 1. The Labute approximate surface area is 160 Å². The third-order valence-electron chi connectivity index (χ3n) is 4.93. The average molecular weight is 376 g/mol. The van der Waals surface area contributed by atoms with Gasteiger partial charge in [0.15, 0.2) is 0 Å². The molecule has 27 heavy (non-hydrogen) atoms. The summed E-state index contributed by atoms with van der Waals surface area (Å²) in [5, 5.41) is 1.17. The van der Waals surface area contributed by atoms with Crippen LogP contribution in [0.2, 0.25) is 0 Å². The van der Waals surface area contributed by atoms with Crippen LogP contribution < -0.4 is 4.90 Å². The fraction of sp³-hybridized carbons (Fsp3) is 0.632. The number of hydrogen-bond acceptors (Lipinski definition) is 6. The monoisotopic (exact) mass is 376 g/mol. The van der Waals surface area contributed by atoms with E-state index in [4.69, 9.17) is 9.57 Å². The second-order valence-electron chi connectivity index (χ2n) is 8.21. The summed E-state index contributed by atoms with van der Waals surface area (Å²) in [6.45, 7) is 7.87. The molecule has 8 nitrogen and oxygen atoms in total. The highest BCUT2D eigenvalue weighted by molar-refractivity contribution is 5.93. The molecule has 0 aromatic carbocycles. The Balaban J connectivity index is 1.72. The first kappa shape index (κ1) is 19.4. The van der Waals surface area contributed by atoms with Gasteiger partial charge >= 0.3 is 6.09 Å². The van der Waals surface area contributed by atoms with Crippen LogP contribution in [0.5, 0.6) is 0 Å². The van der Waals surface area contributed by atoms with Crippen LogP contribution in [0.4, 0.5) is 10.5 Å². The molecule has 3 rings (SSSR count). The Morgan fingerprint density at radius 3 is 2.63 bits per heavy atom. The normalized spacial score (nSPS) is 22.0. The zero-order valence-corrected chi connectivity index (χ0v) is 16.6. The van der Waals surface area contributed by atoms with Crippen molar-refractivity contribution < 1.29 is 19.2 Å². The maximum atomic E-state index is 12.5. The van der Waals surface area contributed by atoms with Crippen LogP contribution in [-0.4, -0.2) is 72.4 Å². The van der Waals surface area contributed by atoms with Gasteiger partial charge in [-0.25, -0.2) is 9.86 Å². The molecule has 0 N–H and O–H groups in total. The number of amides is 2. The van der Waals surface area contributed by atoms with Gasteiger partial charge < -0.3 is 14.5 Å². The molecule has 2 fully saturated rings. The number of rotatable bonds is 3. The molecule has 1 aromatic heterocycles. The molecule has 0 aliphatic carbocycles. The van der Waals surface area contributed by atoms with Crippen molar-refractivity contribution in [1.29, 1.82) is 0 Å². The Morgan fingerprint density at radius 1 is 1.22 bits per heavy atom. The third-order valence-corrected chi connectivity index (χ3v) is 4.93. The van der Waals surface area contributed by atoms with E-state index < -0.39 is 5.60 Å². The van der Waals surface area contributed by atoms with Crippen molar-refractivity contribution in [2.24, 2.45) is 5.92 Å². The highest BCUT2D eigenvalue weighted by atomic mass is 16.7. The molecule has 1 aromatic rings. The molecule has 0 saturated carbocycles.